The summed E-state index contributed by atoms with van der Waals surface area (Å²) in [6, 6.07) is 13.3. The van der Waals surface area contributed by atoms with Crippen molar-refractivity contribution >= 4 is 17.1 Å². The average Bonchev–Trinajstić information content (AvgIpc) is 2.79. The van der Waals surface area contributed by atoms with E-state index in [2.05, 4.69) is 20.3 Å². The molecule has 0 fully saturated rings. The highest BCUT2D eigenvalue weighted by atomic mass is 19.1. The Morgan fingerprint density at radius 2 is 1.52 bits per heavy atom. The zero-order chi connectivity index (χ0) is 21.8. The predicted octanol–water partition coefficient (Wildman–Crippen LogP) is 4.01. The van der Waals surface area contributed by atoms with E-state index >= 15 is 0 Å². The van der Waals surface area contributed by atoms with Gasteiger partial charge < -0.3 is 10.1 Å². The van der Waals surface area contributed by atoms with Gasteiger partial charge >= 0.3 is 0 Å². The summed E-state index contributed by atoms with van der Waals surface area (Å²) in [5.74, 6) is -1.06. The van der Waals surface area contributed by atoms with Crippen LogP contribution in [0, 0.1) is 11.6 Å². The summed E-state index contributed by atoms with van der Waals surface area (Å²) in [5.41, 5.74) is 3.28. The second kappa shape index (κ2) is 8.93. The Bertz CT molecular complexity index is 1230. The molecule has 0 aliphatic heterocycles. The third-order valence-electron chi connectivity index (χ3n) is 4.61. The van der Waals surface area contributed by atoms with E-state index in [-0.39, 0.29) is 17.5 Å². The van der Waals surface area contributed by atoms with Gasteiger partial charge in [0.05, 0.1) is 23.6 Å². The van der Waals surface area contributed by atoms with Crippen molar-refractivity contribution in [1.29, 1.82) is 0 Å². The monoisotopic (exact) mass is 420 g/mol. The molecule has 0 aliphatic rings. The Morgan fingerprint density at radius 1 is 0.935 bits per heavy atom. The summed E-state index contributed by atoms with van der Waals surface area (Å²) in [5, 5.41) is 2.73. The van der Waals surface area contributed by atoms with Crippen LogP contribution < -0.4 is 5.32 Å². The van der Waals surface area contributed by atoms with Crippen LogP contribution in [0.15, 0.2) is 60.8 Å². The van der Waals surface area contributed by atoms with Gasteiger partial charge in [-0.25, -0.2) is 23.7 Å². The molecule has 0 unspecified atom stereocenters. The molecular weight excluding hydrogens is 402 g/mol. The molecule has 4 rings (SSSR count). The minimum atomic E-state index is -0.377. The number of aromatic nitrogens is 3. The minimum Gasteiger partial charge on any atom is -0.383 e. The number of hydrogen-bond donors (Lipinski definition) is 1. The lowest BCUT2D eigenvalue weighted by Gasteiger charge is -2.11. The normalized spacial score (nSPS) is 10.9. The molecule has 156 valence electrons. The van der Waals surface area contributed by atoms with E-state index in [1.165, 1.54) is 30.5 Å². The molecule has 0 atom stereocenters. The fourth-order valence-electron chi connectivity index (χ4n) is 3.06. The van der Waals surface area contributed by atoms with Crippen LogP contribution in [0.3, 0.4) is 0 Å². The molecule has 2 heterocycles. The van der Waals surface area contributed by atoms with Gasteiger partial charge in [0.15, 0.2) is 5.65 Å². The quantitative estimate of drug-likeness (QED) is 0.477. The van der Waals surface area contributed by atoms with Crippen molar-refractivity contribution in [2.75, 3.05) is 20.3 Å². The number of pyridine rings is 1. The molecule has 0 saturated heterocycles. The molecule has 6 nitrogen and oxygen atoms in total. The molecule has 8 heteroatoms. The number of nitrogens with one attached hydrogen (secondary N) is 1. The van der Waals surface area contributed by atoms with Crippen molar-refractivity contribution in [2.24, 2.45) is 0 Å². The van der Waals surface area contributed by atoms with Crippen LogP contribution >= 0.6 is 0 Å². The molecular formula is C23H18F2N4O2. The van der Waals surface area contributed by atoms with Crippen LogP contribution in [0.4, 0.5) is 8.78 Å². The van der Waals surface area contributed by atoms with E-state index in [0.717, 1.165) is 0 Å². The fraction of sp³-hybridized carbons (Fsp3) is 0.130. The van der Waals surface area contributed by atoms with Crippen LogP contribution in [0.2, 0.25) is 0 Å². The number of fused-ring (bicyclic) bond motifs is 1. The van der Waals surface area contributed by atoms with Crippen molar-refractivity contribution in [3.63, 3.8) is 0 Å². The largest absolute Gasteiger partial charge is 0.383 e. The molecule has 4 aromatic rings. The molecule has 0 bridgehead atoms. The number of hydrogen-bond acceptors (Lipinski definition) is 5. The maximum absolute atomic E-state index is 13.5. The van der Waals surface area contributed by atoms with Crippen LogP contribution in [-0.4, -0.2) is 41.1 Å². The summed E-state index contributed by atoms with van der Waals surface area (Å²) in [7, 11) is 1.55. The maximum atomic E-state index is 13.5. The first kappa shape index (κ1) is 20.5. The number of carbonyl (C=O) groups excluding carboxylic acids is 1. The third-order valence-corrected chi connectivity index (χ3v) is 4.61. The van der Waals surface area contributed by atoms with E-state index in [1.807, 2.05) is 0 Å². The number of halogens is 2. The molecule has 0 spiro atoms. The first-order chi connectivity index (χ1) is 15.0. The number of benzene rings is 2. The standard InChI is InChI=1S/C23H18F2N4O2/c1-31-11-10-26-23(30)16-12-19-22(27-13-16)29-21(15-4-8-18(25)9-5-15)20(28-19)14-2-6-17(24)7-3-14/h2-9,12-13H,10-11H2,1H3,(H,26,30). The van der Waals surface area contributed by atoms with Gasteiger partial charge in [0.25, 0.3) is 5.91 Å². The van der Waals surface area contributed by atoms with Crippen molar-refractivity contribution < 1.29 is 18.3 Å². The molecule has 0 saturated carbocycles. The second-order valence-corrected chi connectivity index (χ2v) is 6.75. The van der Waals surface area contributed by atoms with E-state index in [1.54, 1.807) is 37.4 Å². The Hall–Kier alpha value is -3.78. The summed E-state index contributed by atoms with van der Waals surface area (Å²) in [6.45, 7) is 0.756. The summed E-state index contributed by atoms with van der Waals surface area (Å²) < 4.78 is 31.8. The van der Waals surface area contributed by atoms with Gasteiger partial charge in [-0.3, -0.25) is 4.79 Å². The van der Waals surface area contributed by atoms with E-state index in [0.29, 0.717) is 52.4 Å². The van der Waals surface area contributed by atoms with Crippen LogP contribution in [0.1, 0.15) is 10.4 Å². The number of methoxy groups -OCH3 is 1. The third kappa shape index (κ3) is 4.54. The van der Waals surface area contributed by atoms with Gasteiger partial charge in [0, 0.05) is 31.0 Å². The average molecular weight is 420 g/mol. The van der Waals surface area contributed by atoms with Crippen molar-refractivity contribution in [2.45, 2.75) is 0 Å². The molecule has 31 heavy (non-hydrogen) atoms. The van der Waals surface area contributed by atoms with Crippen LogP contribution in [0.25, 0.3) is 33.7 Å². The highest BCUT2D eigenvalue weighted by Crippen LogP contribution is 2.31. The lowest BCUT2D eigenvalue weighted by atomic mass is 10.0. The zero-order valence-electron chi connectivity index (χ0n) is 16.6. The Labute approximate surface area is 177 Å². The Morgan fingerprint density at radius 3 is 2.10 bits per heavy atom. The first-order valence-corrected chi connectivity index (χ1v) is 9.52. The van der Waals surface area contributed by atoms with Crippen LogP contribution in [-0.2, 0) is 4.74 Å². The topological polar surface area (TPSA) is 77.0 Å². The Kier molecular flexibility index (Phi) is 5.90. The number of carbonyl (C=O) groups is 1. The van der Waals surface area contributed by atoms with E-state index in [9.17, 15) is 13.6 Å². The number of rotatable bonds is 6. The highest BCUT2D eigenvalue weighted by molar-refractivity contribution is 5.96. The van der Waals surface area contributed by atoms with E-state index in [4.69, 9.17) is 4.74 Å². The fourth-order valence-corrected chi connectivity index (χ4v) is 3.06. The van der Waals surface area contributed by atoms with E-state index < -0.39 is 0 Å². The van der Waals surface area contributed by atoms with Gasteiger partial charge in [-0.05, 0) is 54.6 Å². The smallest absolute Gasteiger partial charge is 0.253 e. The lowest BCUT2D eigenvalue weighted by Crippen LogP contribution is -2.27. The van der Waals surface area contributed by atoms with Gasteiger partial charge in [0.1, 0.15) is 17.2 Å². The first-order valence-electron chi connectivity index (χ1n) is 9.52. The maximum Gasteiger partial charge on any atom is 0.253 e. The van der Waals surface area contributed by atoms with Gasteiger partial charge in [-0.1, -0.05) is 0 Å². The van der Waals surface area contributed by atoms with Crippen molar-refractivity contribution in [1.82, 2.24) is 20.3 Å². The zero-order valence-corrected chi connectivity index (χ0v) is 16.6. The number of nitrogens with zero attached hydrogens (tertiary/aromatic N) is 3. The summed E-state index contributed by atoms with van der Waals surface area (Å²) >= 11 is 0. The molecule has 1 N–H and O–H groups in total. The van der Waals surface area contributed by atoms with Gasteiger partial charge in [-0.15, -0.1) is 0 Å². The number of ether oxygens (including phenoxy) is 1. The summed E-state index contributed by atoms with van der Waals surface area (Å²) in [4.78, 5) is 25.9. The summed E-state index contributed by atoms with van der Waals surface area (Å²) in [6.07, 6.45) is 1.42. The predicted molar refractivity (Wildman–Crippen MR) is 112 cm³/mol. The van der Waals surface area contributed by atoms with Crippen LogP contribution in [0.5, 0.6) is 0 Å². The van der Waals surface area contributed by atoms with Crippen molar-refractivity contribution in [3.05, 3.63) is 78.0 Å². The molecule has 1 amide bonds. The molecule has 2 aromatic heterocycles. The molecule has 2 aromatic carbocycles. The molecule has 0 aliphatic carbocycles. The van der Waals surface area contributed by atoms with Crippen molar-refractivity contribution in [3.8, 4) is 22.5 Å². The molecule has 0 radical (unpaired) electrons. The Balaban J connectivity index is 1.83. The minimum absolute atomic E-state index is 0.306. The second-order valence-electron chi connectivity index (χ2n) is 6.75. The van der Waals surface area contributed by atoms with Gasteiger partial charge in [0.2, 0.25) is 0 Å². The number of amides is 1. The van der Waals surface area contributed by atoms with Gasteiger partial charge in [-0.2, -0.15) is 0 Å². The highest BCUT2D eigenvalue weighted by Gasteiger charge is 2.16. The SMILES string of the molecule is COCCNC(=O)c1cnc2nc(-c3ccc(F)cc3)c(-c3ccc(F)cc3)nc2c1. The lowest BCUT2D eigenvalue weighted by molar-refractivity contribution is 0.0937.